The fourth-order valence-electron chi connectivity index (χ4n) is 3.22. The van der Waals surface area contributed by atoms with Gasteiger partial charge in [0, 0.05) is 18.5 Å². The lowest BCUT2D eigenvalue weighted by molar-refractivity contribution is -0.136. The number of carboxylic acid groups (broad SMARTS) is 1. The van der Waals surface area contributed by atoms with Crippen LogP contribution in [0, 0.1) is 0 Å². The molecule has 0 bridgehead atoms. The normalized spacial score (nSPS) is 12.4. The Kier molecular flexibility index (Phi) is 8.84. The standard InChI is InChI=1S/C26H27NO6S/c28-23(17-18-33-25-12-5-4-8-21(25)14-16-26(29)30)15-13-20-7-6-9-22(19-20)27-34(31,32)24-10-2-1-3-11-24/h1-13,15,19,23,27-28H,14,16-18H2,(H,29,30)/b15-13+/t23-/m1/s1. The van der Waals surface area contributed by atoms with Crippen molar-refractivity contribution >= 4 is 27.8 Å². The molecule has 0 fully saturated rings. The number of aryl methyl sites for hydroxylation is 1. The molecule has 3 aromatic rings. The molecule has 1 atom stereocenters. The molecule has 0 saturated carbocycles. The number of para-hydroxylation sites is 1. The molecule has 178 valence electrons. The Bertz CT molecular complexity index is 1220. The molecule has 3 aromatic carbocycles. The maximum Gasteiger partial charge on any atom is 0.303 e. The summed E-state index contributed by atoms with van der Waals surface area (Å²) < 4.78 is 33.3. The van der Waals surface area contributed by atoms with Crippen LogP contribution in [0.4, 0.5) is 5.69 Å². The third-order valence-electron chi connectivity index (χ3n) is 4.96. The van der Waals surface area contributed by atoms with Crippen molar-refractivity contribution in [2.45, 2.75) is 30.3 Å². The van der Waals surface area contributed by atoms with Gasteiger partial charge in [-0.25, -0.2) is 8.42 Å². The summed E-state index contributed by atoms with van der Waals surface area (Å²) in [7, 11) is -3.68. The number of aliphatic carboxylic acids is 1. The molecule has 8 heteroatoms. The van der Waals surface area contributed by atoms with E-state index in [1.807, 2.05) is 18.2 Å². The first-order valence-corrected chi connectivity index (χ1v) is 12.3. The summed E-state index contributed by atoms with van der Waals surface area (Å²) >= 11 is 0. The average molecular weight is 482 g/mol. The fraction of sp³-hybridized carbons (Fsp3) is 0.192. The minimum atomic E-state index is -3.68. The Morgan fingerprint density at radius 3 is 2.50 bits per heavy atom. The van der Waals surface area contributed by atoms with Gasteiger partial charge < -0.3 is 14.9 Å². The molecule has 0 aromatic heterocycles. The van der Waals surface area contributed by atoms with Crippen molar-refractivity contribution in [2.75, 3.05) is 11.3 Å². The minimum Gasteiger partial charge on any atom is -0.493 e. The maximum atomic E-state index is 12.5. The Balaban J connectivity index is 1.54. The zero-order valence-electron chi connectivity index (χ0n) is 18.5. The Labute approximate surface area is 199 Å². The summed E-state index contributed by atoms with van der Waals surface area (Å²) in [6.07, 6.45) is 3.29. The first-order valence-electron chi connectivity index (χ1n) is 10.8. The van der Waals surface area contributed by atoms with E-state index < -0.39 is 22.1 Å². The number of carbonyl (C=O) groups is 1. The molecule has 3 N–H and O–H groups in total. The second-order valence-electron chi connectivity index (χ2n) is 7.61. The number of rotatable bonds is 12. The highest BCUT2D eigenvalue weighted by Crippen LogP contribution is 2.21. The highest BCUT2D eigenvalue weighted by molar-refractivity contribution is 7.92. The SMILES string of the molecule is O=C(O)CCc1ccccc1OCC[C@H](O)/C=C/c1cccc(NS(=O)(=O)c2ccccc2)c1. The molecule has 0 heterocycles. The molecular formula is C26H27NO6S. The van der Waals surface area contributed by atoms with Gasteiger partial charge in [-0.05, 0) is 47.9 Å². The Morgan fingerprint density at radius 1 is 1.00 bits per heavy atom. The van der Waals surface area contributed by atoms with Crippen molar-refractivity contribution in [1.82, 2.24) is 0 Å². The number of benzene rings is 3. The molecule has 0 unspecified atom stereocenters. The van der Waals surface area contributed by atoms with Gasteiger partial charge in [0.2, 0.25) is 0 Å². The van der Waals surface area contributed by atoms with E-state index in [2.05, 4.69) is 4.72 Å². The van der Waals surface area contributed by atoms with Crippen LogP contribution in [0.5, 0.6) is 5.75 Å². The van der Waals surface area contributed by atoms with Gasteiger partial charge in [-0.3, -0.25) is 9.52 Å². The molecular weight excluding hydrogens is 454 g/mol. The highest BCUT2D eigenvalue weighted by atomic mass is 32.2. The molecule has 0 aliphatic rings. The number of nitrogens with one attached hydrogen (secondary N) is 1. The van der Waals surface area contributed by atoms with Crippen LogP contribution in [0.25, 0.3) is 6.08 Å². The number of ether oxygens (including phenoxy) is 1. The van der Waals surface area contributed by atoms with E-state index in [9.17, 15) is 18.3 Å². The number of anilines is 1. The lowest BCUT2D eigenvalue weighted by Gasteiger charge is -2.12. The zero-order valence-corrected chi connectivity index (χ0v) is 19.3. The fourth-order valence-corrected chi connectivity index (χ4v) is 4.29. The number of hydrogen-bond acceptors (Lipinski definition) is 5. The lowest BCUT2D eigenvalue weighted by atomic mass is 10.1. The van der Waals surface area contributed by atoms with E-state index in [1.165, 1.54) is 12.1 Å². The second-order valence-corrected chi connectivity index (χ2v) is 9.29. The van der Waals surface area contributed by atoms with Gasteiger partial charge in [0.05, 0.1) is 17.6 Å². The predicted octanol–water partition coefficient (Wildman–Crippen LogP) is 4.35. The van der Waals surface area contributed by atoms with Crippen molar-refractivity contribution < 1.29 is 28.2 Å². The van der Waals surface area contributed by atoms with Crippen LogP contribution in [0.3, 0.4) is 0 Å². The van der Waals surface area contributed by atoms with Crippen LogP contribution in [0.1, 0.15) is 24.0 Å². The van der Waals surface area contributed by atoms with Crippen LogP contribution in [-0.4, -0.2) is 37.3 Å². The second kappa shape index (κ2) is 12.0. The Morgan fingerprint density at radius 2 is 1.74 bits per heavy atom. The molecule has 7 nitrogen and oxygen atoms in total. The van der Waals surface area contributed by atoms with Gasteiger partial charge >= 0.3 is 5.97 Å². The molecule has 0 saturated heterocycles. The summed E-state index contributed by atoms with van der Waals surface area (Å²) in [4.78, 5) is 11.0. The van der Waals surface area contributed by atoms with Gasteiger partial charge in [-0.15, -0.1) is 0 Å². The van der Waals surface area contributed by atoms with Crippen LogP contribution >= 0.6 is 0 Å². The number of aliphatic hydroxyl groups is 1. The average Bonchev–Trinajstić information content (AvgIpc) is 2.82. The van der Waals surface area contributed by atoms with Crippen molar-refractivity contribution in [1.29, 1.82) is 0 Å². The number of carboxylic acids is 1. The molecule has 34 heavy (non-hydrogen) atoms. The molecule has 0 radical (unpaired) electrons. The van der Waals surface area contributed by atoms with Crippen LogP contribution in [0.15, 0.2) is 89.8 Å². The number of sulfonamides is 1. The molecule has 0 amide bonds. The largest absolute Gasteiger partial charge is 0.493 e. The van der Waals surface area contributed by atoms with Crippen molar-refractivity contribution in [2.24, 2.45) is 0 Å². The van der Waals surface area contributed by atoms with E-state index in [0.717, 1.165) is 11.1 Å². The van der Waals surface area contributed by atoms with Crippen molar-refractivity contribution in [3.05, 3.63) is 96.1 Å². The predicted molar refractivity (Wildman–Crippen MR) is 131 cm³/mol. The molecule has 3 rings (SSSR count). The third-order valence-corrected chi connectivity index (χ3v) is 6.35. The third kappa shape index (κ3) is 7.75. The van der Waals surface area contributed by atoms with Gasteiger partial charge in [0.15, 0.2) is 0 Å². The number of aliphatic hydroxyl groups excluding tert-OH is 1. The quantitative estimate of drug-likeness (QED) is 0.355. The molecule has 0 aliphatic carbocycles. The zero-order chi connectivity index (χ0) is 24.4. The number of hydrogen-bond donors (Lipinski definition) is 3. The summed E-state index contributed by atoms with van der Waals surface area (Å²) in [5.41, 5.74) is 1.96. The molecule has 0 aliphatic heterocycles. The van der Waals surface area contributed by atoms with Crippen LogP contribution < -0.4 is 9.46 Å². The maximum absolute atomic E-state index is 12.5. The van der Waals surface area contributed by atoms with Gasteiger partial charge in [-0.2, -0.15) is 0 Å². The van der Waals surface area contributed by atoms with E-state index >= 15 is 0 Å². The van der Waals surface area contributed by atoms with E-state index in [-0.39, 0.29) is 17.9 Å². The lowest BCUT2D eigenvalue weighted by Crippen LogP contribution is -2.12. The first kappa shape index (κ1) is 25.0. The van der Waals surface area contributed by atoms with E-state index in [4.69, 9.17) is 9.84 Å². The van der Waals surface area contributed by atoms with Crippen LogP contribution in [0.2, 0.25) is 0 Å². The molecule has 0 spiro atoms. The summed E-state index contributed by atoms with van der Waals surface area (Å²) in [5.74, 6) is -0.259. The smallest absolute Gasteiger partial charge is 0.303 e. The minimum absolute atomic E-state index is 0.0201. The highest BCUT2D eigenvalue weighted by Gasteiger charge is 2.13. The van der Waals surface area contributed by atoms with Crippen molar-refractivity contribution in [3.8, 4) is 5.75 Å². The van der Waals surface area contributed by atoms with Gasteiger partial charge in [-0.1, -0.05) is 60.7 Å². The van der Waals surface area contributed by atoms with Crippen LogP contribution in [-0.2, 0) is 21.2 Å². The Hall–Kier alpha value is -3.62. The van der Waals surface area contributed by atoms with E-state index in [1.54, 1.807) is 60.7 Å². The van der Waals surface area contributed by atoms with Gasteiger partial charge in [0.1, 0.15) is 5.75 Å². The summed E-state index contributed by atoms with van der Waals surface area (Å²) in [5, 5.41) is 19.2. The first-order chi connectivity index (χ1) is 16.3. The summed E-state index contributed by atoms with van der Waals surface area (Å²) in [6.45, 7) is 0.256. The summed E-state index contributed by atoms with van der Waals surface area (Å²) in [6, 6.07) is 22.2. The van der Waals surface area contributed by atoms with E-state index in [0.29, 0.717) is 24.3 Å². The van der Waals surface area contributed by atoms with Crippen molar-refractivity contribution in [3.63, 3.8) is 0 Å². The van der Waals surface area contributed by atoms with Gasteiger partial charge in [0.25, 0.3) is 10.0 Å². The topological polar surface area (TPSA) is 113 Å². The monoisotopic (exact) mass is 481 g/mol.